The summed E-state index contributed by atoms with van der Waals surface area (Å²) in [6, 6.07) is 13.0. The maximum atomic E-state index is 12.1. The summed E-state index contributed by atoms with van der Waals surface area (Å²) in [4.78, 5) is 12.1. The molecular formula is C15H12BrClN2O. The topological polar surface area (TPSA) is 41.1 Å². The summed E-state index contributed by atoms with van der Waals surface area (Å²) < 4.78 is 0.921. The molecule has 1 aliphatic heterocycles. The summed E-state index contributed by atoms with van der Waals surface area (Å²) in [7, 11) is 0. The average molecular weight is 352 g/mol. The van der Waals surface area contributed by atoms with Gasteiger partial charge in [-0.2, -0.15) is 0 Å². The van der Waals surface area contributed by atoms with E-state index >= 15 is 0 Å². The van der Waals surface area contributed by atoms with Crippen LogP contribution in [0.1, 0.15) is 17.2 Å². The van der Waals surface area contributed by atoms with E-state index in [1.165, 1.54) is 0 Å². The minimum absolute atomic E-state index is 0.0426. The van der Waals surface area contributed by atoms with Crippen molar-refractivity contribution in [2.75, 3.05) is 5.32 Å². The number of benzene rings is 2. The van der Waals surface area contributed by atoms with Crippen LogP contribution in [0, 0.1) is 0 Å². The van der Waals surface area contributed by atoms with E-state index in [1.54, 1.807) is 0 Å². The quantitative estimate of drug-likeness (QED) is 0.881. The molecule has 20 heavy (non-hydrogen) atoms. The Balaban J connectivity index is 1.83. The van der Waals surface area contributed by atoms with Crippen molar-refractivity contribution in [3.05, 3.63) is 63.1 Å². The van der Waals surface area contributed by atoms with Gasteiger partial charge in [0.05, 0.1) is 0 Å². The monoisotopic (exact) mass is 350 g/mol. The normalized spacial score (nSPS) is 16.9. The van der Waals surface area contributed by atoms with Gasteiger partial charge in [0, 0.05) is 27.3 Å². The Bertz CT molecular complexity index is 675. The second-order valence-electron chi connectivity index (χ2n) is 4.60. The van der Waals surface area contributed by atoms with Gasteiger partial charge in [0.25, 0.3) is 0 Å². The molecular weight excluding hydrogens is 340 g/mol. The SMILES string of the molecule is O=C1Nc2cccc(Br)c2C1NCc1ccccc1Cl. The van der Waals surface area contributed by atoms with Crippen LogP contribution in [0.5, 0.6) is 0 Å². The highest BCUT2D eigenvalue weighted by molar-refractivity contribution is 9.10. The summed E-state index contributed by atoms with van der Waals surface area (Å²) in [6.45, 7) is 0.540. The van der Waals surface area contributed by atoms with Crippen LogP contribution in [0.4, 0.5) is 5.69 Å². The molecule has 0 aliphatic carbocycles. The Hall–Kier alpha value is -1.36. The van der Waals surface area contributed by atoms with Crippen LogP contribution < -0.4 is 10.6 Å². The van der Waals surface area contributed by atoms with Crippen molar-refractivity contribution in [2.24, 2.45) is 0 Å². The van der Waals surface area contributed by atoms with Gasteiger partial charge in [-0.1, -0.05) is 51.8 Å². The van der Waals surface area contributed by atoms with E-state index in [0.29, 0.717) is 11.6 Å². The number of hydrogen-bond acceptors (Lipinski definition) is 2. The smallest absolute Gasteiger partial charge is 0.246 e. The Kier molecular flexibility index (Phi) is 3.78. The van der Waals surface area contributed by atoms with E-state index < -0.39 is 0 Å². The zero-order chi connectivity index (χ0) is 14.1. The number of fused-ring (bicyclic) bond motifs is 1. The maximum absolute atomic E-state index is 12.1. The van der Waals surface area contributed by atoms with Gasteiger partial charge in [0.1, 0.15) is 6.04 Å². The van der Waals surface area contributed by atoms with Crippen molar-refractivity contribution < 1.29 is 4.79 Å². The molecule has 5 heteroatoms. The van der Waals surface area contributed by atoms with Gasteiger partial charge in [-0.15, -0.1) is 0 Å². The summed E-state index contributed by atoms with van der Waals surface area (Å²) >= 11 is 9.63. The molecule has 0 saturated heterocycles. The lowest BCUT2D eigenvalue weighted by molar-refractivity contribution is -0.117. The fraction of sp³-hybridized carbons (Fsp3) is 0.133. The Morgan fingerprint density at radius 1 is 1.20 bits per heavy atom. The van der Waals surface area contributed by atoms with Crippen LogP contribution in [0.15, 0.2) is 46.9 Å². The van der Waals surface area contributed by atoms with Crippen LogP contribution in [-0.2, 0) is 11.3 Å². The Morgan fingerprint density at radius 3 is 2.80 bits per heavy atom. The number of amides is 1. The molecule has 0 spiro atoms. The number of anilines is 1. The lowest BCUT2D eigenvalue weighted by Gasteiger charge is -2.13. The maximum Gasteiger partial charge on any atom is 0.246 e. The van der Waals surface area contributed by atoms with Crippen LogP contribution in [0.25, 0.3) is 0 Å². The molecule has 0 bridgehead atoms. The van der Waals surface area contributed by atoms with Crippen molar-refractivity contribution in [3.8, 4) is 0 Å². The summed E-state index contributed by atoms with van der Waals surface area (Å²) in [5.41, 5.74) is 2.77. The molecule has 0 saturated carbocycles. The van der Waals surface area contributed by atoms with E-state index in [0.717, 1.165) is 21.3 Å². The highest BCUT2D eigenvalue weighted by Gasteiger charge is 2.31. The van der Waals surface area contributed by atoms with E-state index in [1.807, 2.05) is 42.5 Å². The number of rotatable bonds is 3. The number of nitrogens with one attached hydrogen (secondary N) is 2. The molecule has 1 atom stereocenters. The highest BCUT2D eigenvalue weighted by Crippen LogP contribution is 2.36. The second kappa shape index (κ2) is 5.56. The minimum atomic E-state index is -0.364. The number of carbonyl (C=O) groups excluding carboxylic acids is 1. The van der Waals surface area contributed by atoms with Gasteiger partial charge in [0.15, 0.2) is 0 Å². The van der Waals surface area contributed by atoms with Gasteiger partial charge in [0.2, 0.25) is 5.91 Å². The van der Waals surface area contributed by atoms with Gasteiger partial charge >= 0.3 is 0 Å². The average Bonchev–Trinajstić information content (AvgIpc) is 2.75. The first kappa shape index (κ1) is 13.6. The molecule has 1 heterocycles. The molecule has 1 aliphatic rings. The Labute approximate surface area is 130 Å². The molecule has 2 aromatic rings. The number of carbonyl (C=O) groups is 1. The van der Waals surface area contributed by atoms with Crippen molar-refractivity contribution in [3.63, 3.8) is 0 Å². The fourth-order valence-corrected chi connectivity index (χ4v) is 3.12. The largest absolute Gasteiger partial charge is 0.324 e. The first-order chi connectivity index (χ1) is 9.66. The minimum Gasteiger partial charge on any atom is -0.324 e. The molecule has 1 unspecified atom stereocenters. The van der Waals surface area contributed by atoms with Gasteiger partial charge in [-0.25, -0.2) is 0 Å². The molecule has 0 aromatic heterocycles. The van der Waals surface area contributed by atoms with Gasteiger partial charge in [-0.3, -0.25) is 10.1 Å². The third kappa shape index (κ3) is 2.46. The first-order valence-electron chi connectivity index (χ1n) is 6.23. The molecule has 0 radical (unpaired) electrons. The summed E-state index contributed by atoms with van der Waals surface area (Å²) in [6.07, 6.45) is 0. The predicted octanol–water partition coefficient (Wildman–Crippen LogP) is 3.89. The van der Waals surface area contributed by atoms with Crippen LogP contribution in [0.3, 0.4) is 0 Å². The Morgan fingerprint density at radius 2 is 2.00 bits per heavy atom. The van der Waals surface area contributed by atoms with Crippen molar-refractivity contribution in [1.29, 1.82) is 0 Å². The van der Waals surface area contributed by atoms with Crippen LogP contribution in [-0.4, -0.2) is 5.91 Å². The first-order valence-corrected chi connectivity index (χ1v) is 7.40. The molecule has 2 N–H and O–H groups in total. The fourth-order valence-electron chi connectivity index (χ4n) is 2.32. The highest BCUT2D eigenvalue weighted by atomic mass is 79.9. The third-order valence-corrected chi connectivity index (χ3v) is 4.38. The van der Waals surface area contributed by atoms with Crippen LogP contribution >= 0.6 is 27.5 Å². The van der Waals surface area contributed by atoms with Crippen molar-refractivity contribution in [1.82, 2.24) is 5.32 Å². The van der Waals surface area contributed by atoms with E-state index in [4.69, 9.17) is 11.6 Å². The van der Waals surface area contributed by atoms with E-state index in [2.05, 4.69) is 26.6 Å². The summed E-state index contributed by atoms with van der Waals surface area (Å²) in [5, 5.41) is 6.83. The lowest BCUT2D eigenvalue weighted by Crippen LogP contribution is -2.27. The second-order valence-corrected chi connectivity index (χ2v) is 5.86. The molecule has 1 amide bonds. The van der Waals surface area contributed by atoms with E-state index in [-0.39, 0.29) is 11.9 Å². The lowest BCUT2D eigenvalue weighted by atomic mass is 10.1. The van der Waals surface area contributed by atoms with Crippen molar-refractivity contribution >= 4 is 39.1 Å². The summed E-state index contributed by atoms with van der Waals surface area (Å²) in [5.74, 6) is -0.0426. The molecule has 0 fully saturated rings. The van der Waals surface area contributed by atoms with E-state index in [9.17, 15) is 4.79 Å². The van der Waals surface area contributed by atoms with Crippen molar-refractivity contribution in [2.45, 2.75) is 12.6 Å². The van der Waals surface area contributed by atoms with Gasteiger partial charge in [-0.05, 0) is 23.8 Å². The number of hydrogen-bond donors (Lipinski definition) is 2. The zero-order valence-electron chi connectivity index (χ0n) is 10.5. The number of halogens is 2. The predicted molar refractivity (Wildman–Crippen MR) is 83.8 cm³/mol. The third-order valence-electron chi connectivity index (χ3n) is 3.32. The van der Waals surface area contributed by atoms with Crippen LogP contribution in [0.2, 0.25) is 5.02 Å². The molecule has 2 aromatic carbocycles. The molecule has 102 valence electrons. The van der Waals surface area contributed by atoms with Gasteiger partial charge < -0.3 is 5.32 Å². The standard InChI is InChI=1S/C15H12BrClN2O/c16-10-5-3-7-12-13(10)14(15(20)19-12)18-8-9-4-1-2-6-11(9)17/h1-7,14,18H,8H2,(H,19,20). The zero-order valence-corrected chi connectivity index (χ0v) is 12.8. The molecule has 3 nitrogen and oxygen atoms in total. The molecule has 3 rings (SSSR count).